The predicted molar refractivity (Wildman–Crippen MR) is 86.2 cm³/mol. The van der Waals surface area contributed by atoms with Crippen molar-refractivity contribution in [3.8, 4) is 5.75 Å². The van der Waals surface area contributed by atoms with Crippen LogP contribution in [0, 0.1) is 0 Å². The Morgan fingerprint density at radius 1 is 1.15 bits per heavy atom. The van der Waals surface area contributed by atoms with E-state index in [4.69, 9.17) is 10.5 Å². The number of ether oxygens (including phenoxy) is 1. The van der Waals surface area contributed by atoms with Crippen LogP contribution >= 0.6 is 0 Å². The second kappa shape index (κ2) is 8.98. The van der Waals surface area contributed by atoms with Gasteiger partial charge in [-0.05, 0) is 44.5 Å². The van der Waals surface area contributed by atoms with Gasteiger partial charge in [-0.1, -0.05) is 32.4 Å². The fourth-order valence-corrected chi connectivity index (χ4v) is 2.26. The van der Waals surface area contributed by atoms with Crippen LogP contribution in [0.4, 0.5) is 0 Å². The van der Waals surface area contributed by atoms with Gasteiger partial charge in [0.25, 0.3) is 0 Å². The maximum atomic E-state index is 6.30. The molecule has 3 nitrogen and oxygen atoms in total. The van der Waals surface area contributed by atoms with Crippen molar-refractivity contribution in [2.75, 3.05) is 20.2 Å². The van der Waals surface area contributed by atoms with Crippen LogP contribution in [0.1, 0.15) is 51.6 Å². The molecule has 0 heterocycles. The molecule has 0 aromatic heterocycles. The lowest BCUT2D eigenvalue weighted by molar-refractivity contribution is 0.231. The molecule has 0 bridgehead atoms. The quantitative estimate of drug-likeness (QED) is 0.750. The summed E-state index contributed by atoms with van der Waals surface area (Å²) in [5.74, 6) is 0.926. The van der Waals surface area contributed by atoms with E-state index in [1.165, 1.54) is 18.4 Å². The molecule has 0 saturated carbocycles. The van der Waals surface area contributed by atoms with Crippen molar-refractivity contribution in [2.45, 2.75) is 52.1 Å². The van der Waals surface area contributed by atoms with Crippen molar-refractivity contribution in [1.82, 2.24) is 4.90 Å². The van der Waals surface area contributed by atoms with Crippen LogP contribution in [-0.2, 0) is 0 Å². The first kappa shape index (κ1) is 17.0. The topological polar surface area (TPSA) is 38.5 Å². The Hall–Kier alpha value is -1.06. The zero-order chi connectivity index (χ0) is 15.0. The van der Waals surface area contributed by atoms with Crippen LogP contribution in [0.2, 0.25) is 0 Å². The average Bonchev–Trinajstić information content (AvgIpc) is 2.45. The van der Waals surface area contributed by atoms with Crippen LogP contribution in [-0.4, -0.2) is 31.1 Å². The summed E-state index contributed by atoms with van der Waals surface area (Å²) in [4.78, 5) is 2.34. The van der Waals surface area contributed by atoms with E-state index in [0.717, 1.165) is 25.3 Å². The first-order valence-electron chi connectivity index (χ1n) is 7.77. The number of nitrogens with zero attached hydrogens (tertiary/aromatic N) is 1. The summed E-state index contributed by atoms with van der Waals surface area (Å²) in [6.45, 7) is 8.24. The fraction of sp³-hybridized carbons (Fsp3) is 0.647. The number of likely N-dealkylation sites (N-methyl/N-ethyl adjacent to an activating group) is 1. The van der Waals surface area contributed by atoms with Gasteiger partial charge >= 0.3 is 0 Å². The molecule has 1 aromatic rings. The molecule has 2 unspecified atom stereocenters. The van der Waals surface area contributed by atoms with Gasteiger partial charge in [0, 0.05) is 18.6 Å². The van der Waals surface area contributed by atoms with Gasteiger partial charge in [0.05, 0.1) is 6.61 Å². The van der Waals surface area contributed by atoms with Crippen LogP contribution in [0.3, 0.4) is 0 Å². The van der Waals surface area contributed by atoms with E-state index in [2.05, 4.69) is 44.9 Å². The van der Waals surface area contributed by atoms with Gasteiger partial charge in [0.2, 0.25) is 0 Å². The summed E-state index contributed by atoms with van der Waals surface area (Å²) < 4.78 is 5.59. The molecule has 3 heteroatoms. The number of hydrogen-bond acceptors (Lipinski definition) is 3. The van der Waals surface area contributed by atoms with E-state index in [9.17, 15) is 0 Å². The van der Waals surface area contributed by atoms with E-state index in [0.29, 0.717) is 6.04 Å². The molecule has 114 valence electrons. The summed E-state index contributed by atoms with van der Waals surface area (Å²) in [5.41, 5.74) is 7.47. The molecule has 1 rings (SSSR count). The molecule has 0 aliphatic heterocycles. The summed E-state index contributed by atoms with van der Waals surface area (Å²) >= 11 is 0. The number of nitrogens with two attached hydrogens (primary N) is 1. The Morgan fingerprint density at radius 3 is 2.35 bits per heavy atom. The first-order chi connectivity index (χ1) is 9.58. The molecular formula is C17H30N2O. The summed E-state index contributed by atoms with van der Waals surface area (Å²) in [6.07, 6.45) is 3.46. The maximum Gasteiger partial charge on any atom is 0.119 e. The number of rotatable bonds is 9. The van der Waals surface area contributed by atoms with Crippen LogP contribution in [0.15, 0.2) is 24.3 Å². The lowest BCUT2D eigenvalue weighted by Gasteiger charge is -2.27. The van der Waals surface area contributed by atoms with Crippen molar-refractivity contribution in [3.05, 3.63) is 29.8 Å². The van der Waals surface area contributed by atoms with Crippen LogP contribution in [0.5, 0.6) is 5.75 Å². The van der Waals surface area contributed by atoms with Gasteiger partial charge in [-0.2, -0.15) is 0 Å². The van der Waals surface area contributed by atoms with E-state index >= 15 is 0 Å². The maximum absolute atomic E-state index is 6.30. The molecule has 0 radical (unpaired) electrons. The van der Waals surface area contributed by atoms with Crippen molar-refractivity contribution in [1.29, 1.82) is 0 Å². The second-order valence-corrected chi connectivity index (χ2v) is 5.60. The molecular weight excluding hydrogens is 248 g/mol. The van der Waals surface area contributed by atoms with Gasteiger partial charge in [0.1, 0.15) is 5.75 Å². The smallest absolute Gasteiger partial charge is 0.119 e. The third-order valence-corrected chi connectivity index (χ3v) is 3.72. The minimum absolute atomic E-state index is 0.0551. The molecule has 0 amide bonds. The minimum atomic E-state index is 0.0551. The molecule has 2 N–H and O–H groups in total. The molecule has 0 aliphatic rings. The second-order valence-electron chi connectivity index (χ2n) is 5.60. The Labute approximate surface area is 124 Å². The van der Waals surface area contributed by atoms with Gasteiger partial charge in [-0.15, -0.1) is 0 Å². The third kappa shape index (κ3) is 5.51. The zero-order valence-corrected chi connectivity index (χ0v) is 13.4. The SMILES string of the molecule is CCCOc1ccc(C(N)CN(C)C(C)CCC)cc1. The Balaban J connectivity index is 2.52. The highest BCUT2D eigenvalue weighted by Gasteiger charge is 2.13. The third-order valence-electron chi connectivity index (χ3n) is 3.72. The standard InChI is InChI=1S/C17H30N2O/c1-5-7-14(3)19(4)13-17(18)15-8-10-16(11-9-15)20-12-6-2/h8-11,14,17H,5-7,12-13,18H2,1-4H3. The number of benzene rings is 1. The fourth-order valence-electron chi connectivity index (χ4n) is 2.26. The highest BCUT2D eigenvalue weighted by atomic mass is 16.5. The molecule has 0 fully saturated rings. The molecule has 2 atom stereocenters. The monoisotopic (exact) mass is 278 g/mol. The summed E-state index contributed by atoms with van der Waals surface area (Å²) in [6, 6.07) is 8.82. The molecule has 1 aromatic carbocycles. The van der Waals surface area contributed by atoms with Crippen molar-refractivity contribution in [3.63, 3.8) is 0 Å². The van der Waals surface area contributed by atoms with Gasteiger partial charge < -0.3 is 15.4 Å². The lowest BCUT2D eigenvalue weighted by Crippen LogP contribution is -2.35. The molecule has 0 spiro atoms. The van der Waals surface area contributed by atoms with Crippen LogP contribution < -0.4 is 10.5 Å². The van der Waals surface area contributed by atoms with E-state index in [1.807, 2.05) is 12.1 Å². The Morgan fingerprint density at radius 2 is 1.80 bits per heavy atom. The lowest BCUT2D eigenvalue weighted by atomic mass is 10.1. The molecule has 20 heavy (non-hydrogen) atoms. The van der Waals surface area contributed by atoms with Crippen molar-refractivity contribution >= 4 is 0 Å². The van der Waals surface area contributed by atoms with Crippen molar-refractivity contribution in [2.24, 2.45) is 5.73 Å². The molecule has 0 saturated heterocycles. The van der Waals surface area contributed by atoms with Gasteiger partial charge in [-0.3, -0.25) is 0 Å². The largest absolute Gasteiger partial charge is 0.494 e. The Kier molecular flexibility index (Phi) is 7.63. The predicted octanol–water partition coefficient (Wildman–Crippen LogP) is 3.60. The van der Waals surface area contributed by atoms with E-state index < -0.39 is 0 Å². The zero-order valence-electron chi connectivity index (χ0n) is 13.4. The Bertz CT molecular complexity index is 364. The van der Waals surface area contributed by atoms with Crippen molar-refractivity contribution < 1.29 is 4.74 Å². The van der Waals surface area contributed by atoms with Crippen LogP contribution in [0.25, 0.3) is 0 Å². The minimum Gasteiger partial charge on any atom is -0.494 e. The van der Waals surface area contributed by atoms with Gasteiger partial charge in [0.15, 0.2) is 0 Å². The first-order valence-corrected chi connectivity index (χ1v) is 7.77. The van der Waals surface area contributed by atoms with Gasteiger partial charge in [-0.25, -0.2) is 0 Å². The number of hydrogen-bond donors (Lipinski definition) is 1. The van der Waals surface area contributed by atoms with E-state index in [1.54, 1.807) is 0 Å². The summed E-state index contributed by atoms with van der Waals surface area (Å²) in [7, 11) is 2.15. The molecule has 0 aliphatic carbocycles. The average molecular weight is 278 g/mol. The normalized spacial score (nSPS) is 14.3. The summed E-state index contributed by atoms with van der Waals surface area (Å²) in [5, 5.41) is 0. The highest BCUT2D eigenvalue weighted by molar-refractivity contribution is 5.29. The highest BCUT2D eigenvalue weighted by Crippen LogP contribution is 2.18. The van der Waals surface area contributed by atoms with E-state index in [-0.39, 0.29) is 6.04 Å².